The average Bonchev–Trinajstić information content (AvgIpc) is 2.69. The number of aromatic nitrogens is 2. The molecule has 0 aliphatic carbocycles. The summed E-state index contributed by atoms with van der Waals surface area (Å²) in [6.45, 7) is 0.340. The van der Waals surface area contributed by atoms with E-state index < -0.39 is 0 Å². The van der Waals surface area contributed by atoms with Crippen LogP contribution in [0.25, 0.3) is 0 Å². The maximum Gasteiger partial charge on any atom is 0.105 e. The maximum atomic E-state index is 8.58. The Balaban J connectivity index is 1.85. The van der Waals surface area contributed by atoms with E-state index >= 15 is 0 Å². The van der Waals surface area contributed by atoms with Gasteiger partial charge in [-0.05, 0) is 12.8 Å². The number of rotatable bonds is 8. The van der Waals surface area contributed by atoms with Crippen LogP contribution in [0.15, 0.2) is 12.4 Å². The van der Waals surface area contributed by atoms with Crippen molar-refractivity contribution in [2.24, 2.45) is 0 Å². The largest absolute Gasteiger partial charge is 0.396 e. The van der Waals surface area contributed by atoms with E-state index in [1.165, 1.54) is 25.7 Å². The molecule has 0 aromatic carbocycles. The van der Waals surface area contributed by atoms with Gasteiger partial charge in [0, 0.05) is 25.4 Å². The Hall–Kier alpha value is -0.830. The molecule has 3 heteroatoms. The standard InChI is InChI=1S/C11H20N2O/c14-10-6-4-2-1-3-5-7-11-12-8-9-13-11/h8-9,14H,1-7,10H2,(H,12,13). The van der Waals surface area contributed by atoms with Crippen molar-refractivity contribution in [2.45, 2.75) is 44.9 Å². The van der Waals surface area contributed by atoms with Gasteiger partial charge in [-0.25, -0.2) is 4.98 Å². The first-order chi connectivity index (χ1) is 6.93. The van der Waals surface area contributed by atoms with Crippen LogP contribution in [0.1, 0.15) is 44.3 Å². The zero-order valence-corrected chi connectivity index (χ0v) is 8.71. The van der Waals surface area contributed by atoms with Crippen molar-refractivity contribution in [3.8, 4) is 0 Å². The Kier molecular flexibility index (Phi) is 6.07. The van der Waals surface area contributed by atoms with Gasteiger partial charge in [-0.2, -0.15) is 0 Å². The molecule has 3 nitrogen and oxygen atoms in total. The maximum absolute atomic E-state index is 8.58. The number of unbranched alkanes of at least 4 members (excludes halogenated alkanes) is 5. The Morgan fingerprint density at radius 2 is 1.79 bits per heavy atom. The van der Waals surface area contributed by atoms with E-state index in [1.807, 2.05) is 6.20 Å². The number of aliphatic hydroxyl groups excluding tert-OH is 1. The third kappa shape index (κ3) is 5.02. The van der Waals surface area contributed by atoms with Crippen LogP contribution < -0.4 is 0 Å². The first-order valence-electron chi connectivity index (χ1n) is 5.52. The molecule has 0 radical (unpaired) electrons. The summed E-state index contributed by atoms with van der Waals surface area (Å²) in [7, 11) is 0. The van der Waals surface area contributed by atoms with Gasteiger partial charge in [0.15, 0.2) is 0 Å². The third-order valence-electron chi connectivity index (χ3n) is 2.38. The molecule has 0 saturated heterocycles. The molecular formula is C11H20N2O. The number of hydrogen-bond donors (Lipinski definition) is 2. The fourth-order valence-corrected chi connectivity index (χ4v) is 1.55. The summed E-state index contributed by atoms with van der Waals surface area (Å²) >= 11 is 0. The first kappa shape index (κ1) is 11.2. The van der Waals surface area contributed by atoms with Gasteiger partial charge in [-0.3, -0.25) is 0 Å². The van der Waals surface area contributed by atoms with Gasteiger partial charge in [0.25, 0.3) is 0 Å². The smallest absolute Gasteiger partial charge is 0.105 e. The van der Waals surface area contributed by atoms with Crippen LogP contribution in [-0.4, -0.2) is 21.7 Å². The summed E-state index contributed by atoms with van der Waals surface area (Å²) in [5.41, 5.74) is 0. The lowest BCUT2D eigenvalue weighted by Gasteiger charge is -1.99. The number of hydrogen-bond acceptors (Lipinski definition) is 2. The van der Waals surface area contributed by atoms with Crippen molar-refractivity contribution < 1.29 is 5.11 Å². The topological polar surface area (TPSA) is 48.9 Å². The molecule has 0 saturated carbocycles. The second-order valence-electron chi connectivity index (χ2n) is 3.63. The molecule has 0 aliphatic heterocycles. The second-order valence-corrected chi connectivity index (χ2v) is 3.63. The van der Waals surface area contributed by atoms with E-state index in [9.17, 15) is 0 Å². The molecule has 0 unspecified atom stereocenters. The van der Waals surface area contributed by atoms with Crippen molar-refractivity contribution in [1.82, 2.24) is 9.97 Å². The average molecular weight is 196 g/mol. The van der Waals surface area contributed by atoms with Gasteiger partial charge >= 0.3 is 0 Å². The Morgan fingerprint density at radius 1 is 1.07 bits per heavy atom. The number of H-pyrrole nitrogens is 1. The van der Waals surface area contributed by atoms with Crippen LogP contribution in [0, 0.1) is 0 Å². The summed E-state index contributed by atoms with van der Waals surface area (Å²) in [6, 6.07) is 0. The summed E-state index contributed by atoms with van der Waals surface area (Å²) in [5.74, 6) is 1.10. The Labute approximate surface area is 85.6 Å². The lowest BCUT2D eigenvalue weighted by Crippen LogP contribution is -1.89. The lowest BCUT2D eigenvalue weighted by atomic mass is 10.1. The highest BCUT2D eigenvalue weighted by Crippen LogP contribution is 2.07. The monoisotopic (exact) mass is 196 g/mol. The van der Waals surface area contributed by atoms with E-state index in [0.29, 0.717) is 6.61 Å². The van der Waals surface area contributed by atoms with Gasteiger partial charge in [0.1, 0.15) is 5.82 Å². The molecule has 0 amide bonds. The van der Waals surface area contributed by atoms with Crippen LogP contribution in [-0.2, 0) is 6.42 Å². The highest BCUT2D eigenvalue weighted by molar-refractivity contribution is 4.86. The number of aryl methyl sites for hydroxylation is 1. The fourth-order valence-electron chi connectivity index (χ4n) is 1.55. The van der Waals surface area contributed by atoms with Crippen LogP contribution in [0.4, 0.5) is 0 Å². The second kappa shape index (κ2) is 7.56. The predicted molar refractivity (Wildman–Crippen MR) is 57.1 cm³/mol. The van der Waals surface area contributed by atoms with Gasteiger partial charge in [0.05, 0.1) is 0 Å². The van der Waals surface area contributed by atoms with Crippen LogP contribution in [0.5, 0.6) is 0 Å². The van der Waals surface area contributed by atoms with E-state index in [2.05, 4.69) is 9.97 Å². The minimum atomic E-state index is 0.340. The summed E-state index contributed by atoms with van der Waals surface area (Å²) < 4.78 is 0. The normalized spacial score (nSPS) is 10.6. The van der Waals surface area contributed by atoms with Gasteiger partial charge in [0.2, 0.25) is 0 Å². The van der Waals surface area contributed by atoms with Crippen molar-refractivity contribution in [2.75, 3.05) is 6.61 Å². The minimum Gasteiger partial charge on any atom is -0.396 e. The molecule has 1 aromatic rings. The molecule has 1 aromatic heterocycles. The number of aromatic amines is 1. The molecule has 0 spiro atoms. The number of imidazole rings is 1. The molecule has 1 heterocycles. The first-order valence-corrected chi connectivity index (χ1v) is 5.52. The molecule has 0 bridgehead atoms. The van der Waals surface area contributed by atoms with Gasteiger partial charge in [-0.15, -0.1) is 0 Å². The lowest BCUT2D eigenvalue weighted by molar-refractivity contribution is 0.282. The highest BCUT2D eigenvalue weighted by Gasteiger charge is 1.94. The summed E-state index contributed by atoms with van der Waals surface area (Å²) in [6.07, 6.45) is 11.9. The molecular weight excluding hydrogens is 176 g/mol. The van der Waals surface area contributed by atoms with Crippen molar-refractivity contribution in [3.63, 3.8) is 0 Å². The van der Waals surface area contributed by atoms with Crippen LogP contribution >= 0.6 is 0 Å². The van der Waals surface area contributed by atoms with E-state index in [4.69, 9.17) is 5.11 Å². The number of nitrogens with one attached hydrogen (secondary N) is 1. The zero-order valence-electron chi connectivity index (χ0n) is 8.71. The molecule has 0 atom stereocenters. The predicted octanol–water partition coefficient (Wildman–Crippen LogP) is 2.29. The van der Waals surface area contributed by atoms with Gasteiger partial charge < -0.3 is 10.1 Å². The van der Waals surface area contributed by atoms with Crippen molar-refractivity contribution in [1.29, 1.82) is 0 Å². The summed E-state index contributed by atoms with van der Waals surface area (Å²) in [5, 5.41) is 8.58. The Morgan fingerprint density at radius 3 is 2.43 bits per heavy atom. The SMILES string of the molecule is OCCCCCCCCc1ncc[nH]1. The van der Waals surface area contributed by atoms with Crippen molar-refractivity contribution >= 4 is 0 Å². The van der Waals surface area contributed by atoms with Gasteiger partial charge in [-0.1, -0.05) is 25.7 Å². The van der Waals surface area contributed by atoms with Crippen LogP contribution in [0.2, 0.25) is 0 Å². The molecule has 2 N–H and O–H groups in total. The molecule has 0 aliphatic rings. The molecule has 14 heavy (non-hydrogen) atoms. The number of nitrogens with zero attached hydrogens (tertiary/aromatic N) is 1. The molecule has 1 rings (SSSR count). The van der Waals surface area contributed by atoms with E-state index in [1.54, 1.807) is 6.20 Å². The Bertz CT molecular complexity index is 209. The van der Waals surface area contributed by atoms with Crippen LogP contribution in [0.3, 0.4) is 0 Å². The van der Waals surface area contributed by atoms with E-state index in [-0.39, 0.29) is 0 Å². The number of aliphatic hydroxyl groups is 1. The van der Waals surface area contributed by atoms with E-state index in [0.717, 1.165) is 25.1 Å². The molecule has 0 fully saturated rings. The molecule has 80 valence electrons. The van der Waals surface area contributed by atoms with Crippen molar-refractivity contribution in [3.05, 3.63) is 18.2 Å². The summed E-state index contributed by atoms with van der Waals surface area (Å²) in [4.78, 5) is 7.28. The quantitative estimate of drug-likeness (QED) is 0.627. The third-order valence-corrected chi connectivity index (χ3v) is 2.38. The highest BCUT2D eigenvalue weighted by atomic mass is 16.2. The fraction of sp³-hybridized carbons (Fsp3) is 0.727. The zero-order chi connectivity index (χ0) is 10.1. The minimum absolute atomic E-state index is 0.340.